The van der Waals surface area contributed by atoms with Crippen molar-refractivity contribution in [2.24, 2.45) is 0 Å². The standard InChI is InChI=1S/C16H20N2.ClH/c1-13-6-8-14(9-7-13)11-18(2)12-15-4-3-5-16(17)10-15;/h3-10H,11-12,17H2,1-2H3;1H. The lowest BCUT2D eigenvalue weighted by molar-refractivity contribution is 0.319. The number of nitrogen functional groups attached to an aromatic ring is 1. The number of nitrogens with zero attached hydrogens (tertiary/aromatic N) is 1. The first kappa shape index (κ1) is 15.5. The van der Waals surface area contributed by atoms with Crippen LogP contribution >= 0.6 is 12.4 Å². The SMILES string of the molecule is Cc1ccc(CN(C)Cc2cccc(N)c2)cc1.Cl. The average molecular weight is 277 g/mol. The molecule has 0 amide bonds. The molecule has 0 unspecified atom stereocenters. The van der Waals surface area contributed by atoms with Gasteiger partial charge in [0.1, 0.15) is 0 Å². The normalized spacial score (nSPS) is 10.3. The van der Waals surface area contributed by atoms with Gasteiger partial charge >= 0.3 is 0 Å². The van der Waals surface area contributed by atoms with Gasteiger partial charge in [-0.25, -0.2) is 0 Å². The van der Waals surface area contributed by atoms with E-state index in [-0.39, 0.29) is 12.4 Å². The van der Waals surface area contributed by atoms with Gasteiger partial charge in [-0.15, -0.1) is 12.4 Å². The number of rotatable bonds is 4. The van der Waals surface area contributed by atoms with Crippen LogP contribution in [0.1, 0.15) is 16.7 Å². The molecule has 3 heteroatoms. The molecular weight excluding hydrogens is 256 g/mol. The Bertz CT molecular complexity index is 508. The number of nitrogens with two attached hydrogens (primary N) is 1. The highest BCUT2D eigenvalue weighted by atomic mass is 35.5. The highest BCUT2D eigenvalue weighted by molar-refractivity contribution is 5.85. The molecule has 0 aliphatic rings. The smallest absolute Gasteiger partial charge is 0.0317 e. The Morgan fingerprint density at radius 2 is 1.58 bits per heavy atom. The summed E-state index contributed by atoms with van der Waals surface area (Å²) >= 11 is 0. The van der Waals surface area contributed by atoms with Gasteiger partial charge in [-0.2, -0.15) is 0 Å². The number of hydrogen-bond donors (Lipinski definition) is 1. The second-order valence-corrected chi connectivity index (χ2v) is 4.90. The van der Waals surface area contributed by atoms with Crippen molar-refractivity contribution in [3.05, 3.63) is 65.2 Å². The van der Waals surface area contributed by atoms with Crippen LogP contribution < -0.4 is 5.73 Å². The summed E-state index contributed by atoms with van der Waals surface area (Å²) in [5.41, 5.74) is 10.5. The zero-order valence-corrected chi connectivity index (χ0v) is 12.3. The van der Waals surface area contributed by atoms with Gasteiger partial charge in [0.15, 0.2) is 0 Å². The third-order valence-corrected chi connectivity index (χ3v) is 2.98. The molecular formula is C16H21ClN2. The van der Waals surface area contributed by atoms with E-state index in [2.05, 4.69) is 49.2 Å². The number of aryl methyl sites for hydroxylation is 1. The predicted octanol–water partition coefficient (Wildman–Crippen LogP) is 3.63. The Kier molecular flexibility index (Phi) is 5.87. The van der Waals surface area contributed by atoms with Crippen molar-refractivity contribution in [3.8, 4) is 0 Å². The van der Waals surface area contributed by atoms with Crippen molar-refractivity contribution in [1.29, 1.82) is 0 Å². The lowest BCUT2D eigenvalue weighted by atomic mass is 10.1. The summed E-state index contributed by atoms with van der Waals surface area (Å²) in [6.07, 6.45) is 0. The third kappa shape index (κ3) is 4.93. The molecule has 2 aromatic carbocycles. The van der Waals surface area contributed by atoms with Crippen LogP contribution in [0.15, 0.2) is 48.5 Å². The monoisotopic (exact) mass is 276 g/mol. The molecule has 0 heterocycles. The van der Waals surface area contributed by atoms with Crippen LogP contribution in [-0.2, 0) is 13.1 Å². The van der Waals surface area contributed by atoms with Gasteiger partial charge in [0.25, 0.3) is 0 Å². The van der Waals surface area contributed by atoms with Crippen LogP contribution in [0, 0.1) is 6.92 Å². The maximum Gasteiger partial charge on any atom is 0.0317 e. The van der Waals surface area contributed by atoms with Crippen LogP contribution in [0.5, 0.6) is 0 Å². The Morgan fingerprint density at radius 3 is 2.21 bits per heavy atom. The number of halogens is 1. The van der Waals surface area contributed by atoms with Crippen molar-refractivity contribution in [1.82, 2.24) is 4.90 Å². The second kappa shape index (κ2) is 7.17. The summed E-state index contributed by atoms with van der Waals surface area (Å²) in [6, 6.07) is 16.8. The first-order valence-electron chi connectivity index (χ1n) is 6.22. The summed E-state index contributed by atoms with van der Waals surface area (Å²) in [5, 5.41) is 0. The summed E-state index contributed by atoms with van der Waals surface area (Å²) in [4.78, 5) is 2.29. The first-order valence-corrected chi connectivity index (χ1v) is 6.22. The molecule has 0 aliphatic heterocycles. The number of hydrogen-bond acceptors (Lipinski definition) is 2. The average Bonchev–Trinajstić information content (AvgIpc) is 2.32. The Hall–Kier alpha value is -1.51. The molecule has 0 aliphatic carbocycles. The maximum absolute atomic E-state index is 5.79. The van der Waals surface area contributed by atoms with E-state index in [1.165, 1.54) is 16.7 Å². The molecule has 2 N–H and O–H groups in total. The summed E-state index contributed by atoms with van der Waals surface area (Å²) in [7, 11) is 2.13. The minimum atomic E-state index is 0. The molecule has 2 rings (SSSR count). The molecule has 2 aromatic rings. The van der Waals surface area contributed by atoms with E-state index in [4.69, 9.17) is 5.73 Å². The Labute approximate surface area is 121 Å². The van der Waals surface area contributed by atoms with Crippen molar-refractivity contribution in [2.75, 3.05) is 12.8 Å². The fourth-order valence-corrected chi connectivity index (χ4v) is 2.06. The quantitative estimate of drug-likeness (QED) is 0.864. The summed E-state index contributed by atoms with van der Waals surface area (Å²) in [6.45, 7) is 3.98. The van der Waals surface area contributed by atoms with Crippen LogP contribution in [0.4, 0.5) is 5.69 Å². The molecule has 0 aromatic heterocycles. The van der Waals surface area contributed by atoms with E-state index in [0.717, 1.165) is 18.8 Å². The van der Waals surface area contributed by atoms with Gasteiger partial charge in [-0.1, -0.05) is 42.0 Å². The molecule has 0 saturated carbocycles. The Balaban J connectivity index is 0.00000180. The van der Waals surface area contributed by atoms with E-state index in [1.54, 1.807) is 0 Å². The molecule has 2 nitrogen and oxygen atoms in total. The number of anilines is 1. The molecule has 19 heavy (non-hydrogen) atoms. The van der Waals surface area contributed by atoms with Gasteiger partial charge in [-0.3, -0.25) is 4.90 Å². The van der Waals surface area contributed by atoms with E-state index in [1.807, 2.05) is 18.2 Å². The molecule has 102 valence electrons. The van der Waals surface area contributed by atoms with Gasteiger partial charge in [0.2, 0.25) is 0 Å². The highest BCUT2D eigenvalue weighted by Crippen LogP contribution is 2.11. The maximum atomic E-state index is 5.79. The summed E-state index contributed by atoms with van der Waals surface area (Å²) < 4.78 is 0. The van der Waals surface area contributed by atoms with E-state index in [9.17, 15) is 0 Å². The van der Waals surface area contributed by atoms with E-state index < -0.39 is 0 Å². The lowest BCUT2D eigenvalue weighted by Crippen LogP contribution is -2.17. The van der Waals surface area contributed by atoms with Crippen molar-refractivity contribution in [2.45, 2.75) is 20.0 Å². The van der Waals surface area contributed by atoms with Gasteiger partial charge in [-0.05, 0) is 37.2 Å². The van der Waals surface area contributed by atoms with Crippen molar-refractivity contribution >= 4 is 18.1 Å². The molecule has 0 fully saturated rings. The highest BCUT2D eigenvalue weighted by Gasteiger charge is 2.02. The largest absolute Gasteiger partial charge is 0.399 e. The molecule has 0 saturated heterocycles. The van der Waals surface area contributed by atoms with Gasteiger partial charge in [0, 0.05) is 18.8 Å². The molecule has 0 spiro atoms. The third-order valence-electron chi connectivity index (χ3n) is 2.98. The van der Waals surface area contributed by atoms with Crippen LogP contribution in [0.2, 0.25) is 0 Å². The van der Waals surface area contributed by atoms with Crippen molar-refractivity contribution < 1.29 is 0 Å². The first-order chi connectivity index (χ1) is 8.63. The molecule has 0 bridgehead atoms. The molecule has 0 atom stereocenters. The fraction of sp³-hybridized carbons (Fsp3) is 0.250. The van der Waals surface area contributed by atoms with Gasteiger partial charge in [0.05, 0.1) is 0 Å². The fourth-order valence-electron chi connectivity index (χ4n) is 2.06. The second-order valence-electron chi connectivity index (χ2n) is 4.90. The van der Waals surface area contributed by atoms with Crippen LogP contribution in [-0.4, -0.2) is 11.9 Å². The van der Waals surface area contributed by atoms with E-state index in [0.29, 0.717) is 0 Å². The van der Waals surface area contributed by atoms with Gasteiger partial charge < -0.3 is 5.73 Å². The predicted molar refractivity (Wildman–Crippen MR) is 84.5 cm³/mol. The lowest BCUT2D eigenvalue weighted by Gasteiger charge is -2.17. The minimum Gasteiger partial charge on any atom is -0.399 e. The van der Waals surface area contributed by atoms with Crippen molar-refractivity contribution in [3.63, 3.8) is 0 Å². The minimum absolute atomic E-state index is 0. The molecule has 0 radical (unpaired) electrons. The Morgan fingerprint density at radius 1 is 0.947 bits per heavy atom. The van der Waals surface area contributed by atoms with Crippen LogP contribution in [0.25, 0.3) is 0 Å². The van der Waals surface area contributed by atoms with Crippen LogP contribution in [0.3, 0.4) is 0 Å². The topological polar surface area (TPSA) is 29.3 Å². The number of benzene rings is 2. The zero-order chi connectivity index (χ0) is 13.0. The summed E-state index contributed by atoms with van der Waals surface area (Å²) in [5.74, 6) is 0. The zero-order valence-electron chi connectivity index (χ0n) is 11.5. The van der Waals surface area contributed by atoms with E-state index >= 15 is 0 Å².